The van der Waals surface area contributed by atoms with Crippen LogP contribution in [0.4, 0.5) is 0 Å². The van der Waals surface area contributed by atoms with Crippen molar-refractivity contribution in [3.63, 3.8) is 0 Å². The molecule has 6 heteroatoms. The van der Waals surface area contributed by atoms with Gasteiger partial charge in [0, 0.05) is 6.07 Å². The summed E-state index contributed by atoms with van der Waals surface area (Å²) in [5, 5.41) is 14.1. The van der Waals surface area contributed by atoms with Gasteiger partial charge in [0.1, 0.15) is 12.6 Å². The van der Waals surface area contributed by atoms with Crippen molar-refractivity contribution in [3.05, 3.63) is 18.7 Å². The molecule has 0 saturated heterocycles. The second-order valence-electron chi connectivity index (χ2n) is 1.61. The summed E-state index contributed by atoms with van der Waals surface area (Å²) >= 11 is 0. The zero-order valence-electron chi connectivity index (χ0n) is 4.88. The number of tetrazole rings is 1. The van der Waals surface area contributed by atoms with Crippen molar-refractivity contribution in [2.45, 2.75) is 0 Å². The second-order valence-corrected chi connectivity index (χ2v) is 1.61. The fraction of sp³-hybridized carbons (Fsp3) is 0. The maximum absolute atomic E-state index is 4.57. The van der Waals surface area contributed by atoms with Crippen LogP contribution in [0.25, 0.3) is 5.82 Å². The van der Waals surface area contributed by atoms with E-state index in [-0.39, 0.29) is 0 Å². The van der Waals surface area contributed by atoms with Crippen molar-refractivity contribution >= 4 is 0 Å². The topological polar surface area (TPSA) is 69.6 Å². The van der Waals surface area contributed by atoms with E-state index in [2.05, 4.69) is 25.2 Å². The van der Waals surface area contributed by atoms with Gasteiger partial charge in [-0.25, -0.2) is 0 Å². The Morgan fingerprint density at radius 3 is 3.10 bits per heavy atom. The number of nitrogens with zero attached hydrogens (tertiary/aromatic N) is 5. The lowest BCUT2D eigenvalue weighted by atomic mass is 10.6. The molecule has 0 amide bonds. The van der Waals surface area contributed by atoms with Crippen LogP contribution in [0.15, 0.2) is 23.2 Å². The van der Waals surface area contributed by atoms with E-state index in [1.165, 1.54) is 17.3 Å². The van der Waals surface area contributed by atoms with Crippen molar-refractivity contribution in [2.75, 3.05) is 0 Å². The number of hydrogen-bond donors (Lipinski definition) is 0. The second kappa shape index (κ2) is 1.90. The van der Waals surface area contributed by atoms with Crippen LogP contribution >= 0.6 is 0 Å². The molecule has 0 saturated carbocycles. The van der Waals surface area contributed by atoms with Gasteiger partial charge in [-0.2, -0.15) is 4.68 Å². The highest BCUT2D eigenvalue weighted by Gasteiger charge is 1.98. The van der Waals surface area contributed by atoms with Gasteiger partial charge in [0.15, 0.2) is 5.82 Å². The molecule has 0 N–H and O–H groups in total. The van der Waals surface area contributed by atoms with Gasteiger partial charge in [-0.15, -0.1) is 5.10 Å². The molecule has 0 aliphatic rings. The van der Waals surface area contributed by atoms with Crippen LogP contribution in [-0.4, -0.2) is 25.4 Å². The maximum Gasteiger partial charge on any atom is 0.199 e. The molecule has 0 aliphatic carbocycles. The Kier molecular flexibility index (Phi) is 0.970. The third kappa shape index (κ3) is 0.661. The molecule has 2 aromatic heterocycles. The fourth-order valence-corrected chi connectivity index (χ4v) is 0.591. The van der Waals surface area contributed by atoms with E-state index in [4.69, 9.17) is 0 Å². The first-order chi connectivity index (χ1) is 4.97. The van der Waals surface area contributed by atoms with Gasteiger partial charge in [0.25, 0.3) is 0 Å². The summed E-state index contributed by atoms with van der Waals surface area (Å²) in [4.78, 5) is 0. The Morgan fingerprint density at radius 1 is 1.50 bits per heavy atom. The van der Waals surface area contributed by atoms with Crippen molar-refractivity contribution in [1.29, 1.82) is 0 Å². The molecule has 0 aromatic carbocycles. The van der Waals surface area contributed by atoms with Crippen LogP contribution in [0.3, 0.4) is 0 Å². The summed E-state index contributed by atoms with van der Waals surface area (Å²) in [6.07, 6.45) is 2.90. The summed E-state index contributed by atoms with van der Waals surface area (Å²) in [6.45, 7) is 0. The van der Waals surface area contributed by atoms with Crippen molar-refractivity contribution in [2.24, 2.45) is 0 Å². The van der Waals surface area contributed by atoms with Crippen molar-refractivity contribution in [3.8, 4) is 5.82 Å². The van der Waals surface area contributed by atoms with Crippen LogP contribution in [0.1, 0.15) is 0 Å². The number of hydrogen-bond acceptors (Lipinski definition) is 5. The molecule has 2 rings (SSSR count). The molecule has 2 aromatic rings. The van der Waals surface area contributed by atoms with Gasteiger partial charge in [-0.05, 0) is 10.4 Å². The molecule has 0 radical (unpaired) electrons. The van der Waals surface area contributed by atoms with Crippen LogP contribution in [0.5, 0.6) is 0 Å². The first kappa shape index (κ1) is 5.10. The van der Waals surface area contributed by atoms with E-state index in [1.54, 1.807) is 6.07 Å². The third-order valence-electron chi connectivity index (χ3n) is 1.01. The minimum absolute atomic E-state index is 0.574. The lowest BCUT2D eigenvalue weighted by Crippen LogP contribution is -1.93. The highest BCUT2D eigenvalue weighted by molar-refractivity contribution is 5.13. The summed E-state index contributed by atoms with van der Waals surface area (Å²) in [7, 11) is 0. The number of rotatable bonds is 1. The Morgan fingerprint density at radius 2 is 2.50 bits per heavy atom. The Bertz CT molecular complexity index is 253. The van der Waals surface area contributed by atoms with E-state index in [0.29, 0.717) is 5.82 Å². The minimum Gasteiger partial charge on any atom is -0.363 e. The molecule has 0 fully saturated rings. The van der Waals surface area contributed by atoms with Gasteiger partial charge >= 0.3 is 0 Å². The van der Waals surface area contributed by atoms with Crippen LogP contribution in [-0.2, 0) is 0 Å². The molecule has 50 valence electrons. The lowest BCUT2D eigenvalue weighted by Gasteiger charge is -1.84. The monoisotopic (exact) mass is 137 g/mol. The highest BCUT2D eigenvalue weighted by Crippen LogP contribution is 1.97. The Balaban J connectivity index is 2.48. The van der Waals surface area contributed by atoms with E-state index in [9.17, 15) is 0 Å². The molecular formula is C4H3N5O. The van der Waals surface area contributed by atoms with Gasteiger partial charge in [-0.3, -0.25) is 0 Å². The molecule has 0 atom stereocenters. The normalized spacial score (nSPS) is 10.0. The quantitative estimate of drug-likeness (QED) is 0.537. The van der Waals surface area contributed by atoms with Crippen molar-refractivity contribution in [1.82, 2.24) is 25.4 Å². The first-order valence-electron chi connectivity index (χ1n) is 2.60. The molecule has 2 heterocycles. The highest BCUT2D eigenvalue weighted by atomic mass is 16.5. The van der Waals surface area contributed by atoms with E-state index in [0.717, 1.165) is 0 Å². The summed E-state index contributed by atoms with van der Waals surface area (Å²) in [5.41, 5.74) is 0. The predicted molar refractivity (Wildman–Crippen MR) is 29.2 cm³/mol. The largest absolute Gasteiger partial charge is 0.363 e. The summed E-state index contributed by atoms with van der Waals surface area (Å²) < 4.78 is 5.98. The predicted octanol–water partition coefficient (Wildman–Crippen LogP) is -0.350. The minimum atomic E-state index is 0.574. The van der Waals surface area contributed by atoms with Crippen LogP contribution in [0, 0.1) is 0 Å². The molecule has 10 heavy (non-hydrogen) atoms. The molecule has 0 unspecified atom stereocenters. The average molecular weight is 137 g/mol. The SMILES string of the molecule is c1cc(-n2cnnn2)no1. The zero-order chi connectivity index (χ0) is 6.81. The zero-order valence-corrected chi connectivity index (χ0v) is 4.88. The molecular weight excluding hydrogens is 134 g/mol. The van der Waals surface area contributed by atoms with Gasteiger partial charge in [0.05, 0.1) is 0 Å². The maximum atomic E-state index is 4.57. The third-order valence-corrected chi connectivity index (χ3v) is 1.01. The number of aromatic nitrogens is 5. The lowest BCUT2D eigenvalue weighted by molar-refractivity contribution is 0.414. The average Bonchev–Trinajstić information content (AvgIpc) is 2.59. The molecule has 0 spiro atoms. The smallest absolute Gasteiger partial charge is 0.199 e. The molecule has 0 aliphatic heterocycles. The molecule has 6 nitrogen and oxygen atoms in total. The Labute approximate surface area is 55.4 Å². The van der Waals surface area contributed by atoms with Crippen LogP contribution in [0.2, 0.25) is 0 Å². The van der Waals surface area contributed by atoms with E-state index in [1.807, 2.05) is 0 Å². The standard InChI is InChI=1S/C4H3N5O/c1-2-10-6-4(1)9-3-5-7-8-9/h1-3H. The van der Waals surface area contributed by atoms with Gasteiger partial charge in [0.2, 0.25) is 0 Å². The van der Waals surface area contributed by atoms with Crippen LogP contribution < -0.4 is 0 Å². The molecule has 0 bridgehead atoms. The Hall–Kier alpha value is -1.72. The van der Waals surface area contributed by atoms with Gasteiger partial charge in [-0.1, -0.05) is 5.16 Å². The van der Waals surface area contributed by atoms with Gasteiger partial charge < -0.3 is 4.52 Å². The van der Waals surface area contributed by atoms with E-state index >= 15 is 0 Å². The first-order valence-corrected chi connectivity index (χ1v) is 2.60. The fourth-order valence-electron chi connectivity index (χ4n) is 0.591. The van der Waals surface area contributed by atoms with Crippen molar-refractivity contribution < 1.29 is 4.52 Å². The summed E-state index contributed by atoms with van der Waals surface area (Å²) in [5.74, 6) is 0.574. The summed E-state index contributed by atoms with van der Waals surface area (Å²) in [6, 6.07) is 1.66. The van der Waals surface area contributed by atoms with E-state index < -0.39 is 0 Å².